The van der Waals surface area contributed by atoms with Gasteiger partial charge in [-0.2, -0.15) is 0 Å². The highest BCUT2D eigenvalue weighted by Crippen LogP contribution is 2.24. The predicted octanol–water partition coefficient (Wildman–Crippen LogP) is -4.65. The number of likely N-dealkylation sites (tertiary alicyclic amines) is 3. The molecule has 12 atom stereocenters. The van der Waals surface area contributed by atoms with Gasteiger partial charge in [0.05, 0.1) is 127 Å². The van der Waals surface area contributed by atoms with Crippen molar-refractivity contribution < 1.29 is 80.6 Å². The molecule has 6 heterocycles. The Kier molecular flexibility index (Phi) is 27.0. The summed E-state index contributed by atoms with van der Waals surface area (Å²) >= 11 is 0. The third-order valence-corrected chi connectivity index (χ3v) is 15.5. The van der Waals surface area contributed by atoms with Crippen LogP contribution in [-0.2, 0) is 53.7 Å². The van der Waals surface area contributed by atoms with Crippen LogP contribution in [0.2, 0.25) is 0 Å². The lowest BCUT2D eigenvalue weighted by Gasteiger charge is -2.43. The summed E-state index contributed by atoms with van der Waals surface area (Å²) in [5.41, 5.74) is 0.817. The van der Waals surface area contributed by atoms with E-state index in [2.05, 4.69) is 30.9 Å². The molecule has 0 aromatic carbocycles. The van der Waals surface area contributed by atoms with Crippen LogP contribution < -0.4 is 0 Å². The molecule has 0 saturated carbocycles. The lowest BCUT2D eigenvalue weighted by Crippen LogP contribution is -2.62. The number of aliphatic hydroxyl groups is 13. The van der Waals surface area contributed by atoms with Crippen molar-refractivity contribution in [1.82, 2.24) is 59.7 Å². The van der Waals surface area contributed by atoms with E-state index in [9.17, 15) is 66.4 Å². The molecule has 28 heteroatoms. The highest BCUT2D eigenvalue weighted by Gasteiger charge is 2.43. The van der Waals surface area contributed by atoms with Crippen LogP contribution in [0.5, 0.6) is 0 Å². The first-order valence-electron chi connectivity index (χ1n) is 27.9. The zero-order valence-corrected chi connectivity index (χ0v) is 45.0. The molecule has 0 radical (unpaired) electrons. The van der Waals surface area contributed by atoms with Crippen molar-refractivity contribution in [1.29, 1.82) is 0 Å². The second kappa shape index (κ2) is 32.9. The molecule has 3 aliphatic rings. The predicted molar refractivity (Wildman–Crippen MR) is 275 cm³/mol. The third kappa shape index (κ3) is 18.9. The van der Waals surface area contributed by atoms with E-state index in [0.29, 0.717) is 56.4 Å². The molecule has 3 aromatic heterocycles. The van der Waals surface area contributed by atoms with E-state index in [1.807, 2.05) is 33.3 Å². The van der Waals surface area contributed by atoms with Gasteiger partial charge in [0.1, 0.15) is 53.7 Å². The van der Waals surface area contributed by atoms with Gasteiger partial charge in [-0.05, 0) is 58.2 Å². The van der Waals surface area contributed by atoms with Crippen molar-refractivity contribution in [3.8, 4) is 0 Å². The minimum absolute atomic E-state index is 0.0555. The number of aliphatic hydroxyl groups excluding tert-OH is 13. The quantitative estimate of drug-likeness (QED) is 0.0241. The van der Waals surface area contributed by atoms with Gasteiger partial charge in [-0.3, -0.25) is 28.7 Å². The van der Waals surface area contributed by atoms with Crippen molar-refractivity contribution in [2.24, 2.45) is 5.41 Å². The standard InChI is InChI=1S/C50H90N12O16/c63-25-38-44(70)47(73)41(67)22-57(38)13-7-1-4-10-16-60-19-35(51-54-60)28-76-32-50(31-66,33-77-29-36-20-61(55-52-36)17-11-5-2-8-14-58-23-42(68)48(74)45(71)39(58)26-64)34-78-30-37-21-62(56-53-37)18-12-6-3-9-15-59-24-43(69)49(75)46(72)40(59)27-65/h19-21,38-49,63-75H,1-18,22-34H2/t38-,39-,40-,41+,42+,43+,44-,45-,46-,47-,48-,49-/m1/s1. The van der Waals surface area contributed by atoms with Gasteiger partial charge >= 0.3 is 0 Å². The molecule has 3 fully saturated rings. The van der Waals surface area contributed by atoms with Crippen LogP contribution >= 0.6 is 0 Å². The van der Waals surface area contributed by atoms with E-state index < -0.39 is 78.5 Å². The Balaban J connectivity index is 0.926. The highest BCUT2D eigenvalue weighted by atomic mass is 16.5. The Labute approximate surface area is 455 Å². The molecular formula is C50H90N12O16. The van der Waals surface area contributed by atoms with E-state index in [-0.39, 0.29) is 85.7 Å². The number of nitrogens with zero attached hydrogens (tertiary/aromatic N) is 12. The van der Waals surface area contributed by atoms with E-state index >= 15 is 0 Å². The van der Waals surface area contributed by atoms with Crippen LogP contribution in [0.4, 0.5) is 0 Å². The van der Waals surface area contributed by atoms with Crippen LogP contribution in [0.15, 0.2) is 18.6 Å². The summed E-state index contributed by atoms with van der Waals surface area (Å²) in [5, 5.41) is 157. The maximum Gasteiger partial charge on any atom is 0.109 e. The first kappa shape index (κ1) is 63.8. The zero-order valence-electron chi connectivity index (χ0n) is 45.0. The van der Waals surface area contributed by atoms with E-state index in [0.717, 1.165) is 77.0 Å². The molecule has 3 aromatic rings. The second-order valence-corrected chi connectivity index (χ2v) is 21.7. The fourth-order valence-corrected chi connectivity index (χ4v) is 10.7. The Morgan fingerprint density at radius 3 is 0.910 bits per heavy atom. The van der Waals surface area contributed by atoms with Gasteiger partial charge in [0.2, 0.25) is 0 Å². The number of piperidine rings is 3. The van der Waals surface area contributed by atoms with Gasteiger partial charge in [0, 0.05) is 39.3 Å². The summed E-state index contributed by atoms with van der Waals surface area (Å²) in [5.74, 6) is 0. The number of hydrogen-bond donors (Lipinski definition) is 13. The fraction of sp³-hybridized carbons (Fsp3) is 0.880. The summed E-state index contributed by atoms with van der Waals surface area (Å²) < 4.78 is 23.7. The van der Waals surface area contributed by atoms with Gasteiger partial charge in [0.15, 0.2) is 0 Å². The summed E-state index contributed by atoms with van der Waals surface area (Å²) in [6, 6.07) is -1.86. The number of ether oxygens (including phenoxy) is 3. The van der Waals surface area contributed by atoms with Gasteiger partial charge in [0.25, 0.3) is 0 Å². The van der Waals surface area contributed by atoms with Gasteiger partial charge in [-0.1, -0.05) is 54.2 Å². The molecule has 0 unspecified atom stereocenters. The first-order valence-corrected chi connectivity index (χ1v) is 27.9. The Morgan fingerprint density at radius 2 is 0.654 bits per heavy atom. The molecule has 3 saturated heterocycles. The van der Waals surface area contributed by atoms with Crippen molar-refractivity contribution in [2.45, 2.75) is 190 Å². The SMILES string of the molecule is OC[C@@H]1[C@@H](O)[C@H](O)[C@@H](O)CN1CCCCCCn1cc(COCC(CO)(COCc2cn(CCCCCCN3C[C@H](O)[C@@H](O)[C@H](O)[C@H]3CO)nn2)COCc2cn(CCCCCCN3C[C@H](O)[C@@H](O)[C@H](O)[C@H]3CO)nn2)nn1. The van der Waals surface area contributed by atoms with Gasteiger partial charge in [-0.25, -0.2) is 0 Å². The lowest BCUT2D eigenvalue weighted by atomic mass is 9.92. The zero-order chi connectivity index (χ0) is 56.0. The molecule has 78 heavy (non-hydrogen) atoms. The maximum absolute atomic E-state index is 10.9. The van der Waals surface area contributed by atoms with Crippen LogP contribution in [0.3, 0.4) is 0 Å². The molecule has 0 aliphatic carbocycles. The maximum atomic E-state index is 10.9. The van der Waals surface area contributed by atoms with Crippen molar-refractivity contribution in [3.05, 3.63) is 35.7 Å². The molecule has 0 bridgehead atoms. The molecule has 0 spiro atoms. The first-order chi connectivity index (χ1) is 37.7. The number of hydrogen-bond acceptors (Lipinski definition) is 25. The number of unbranched alkanes of at least 4 members (excludes halogenated alkanes) is 9. The number of rotatable bonds is 37. The molecule has 446 valence electrons. The molecular weight excluding hydrogens is 1020 g/mol. The molecule has 28 nitrogen and oxygen atoms in total. The molecule has 3 aliphatic heterocycles. The average molecular weight is 1120 g/mol. The van der Waals surface area contributed by atoms with Crippen molar-refractivity contribution in [3.63, 3.8) is 0 Å². The number of aromatic nitrogens is 9. The number of β-amino-alcohol motifs (C(OH)–C–C–N with tert-alkyl or cyclic N) is 3. The summed E-state index contributed by atoms with van der Waals surface area (Å²) in [4.78, 5) is 5.47. The van der Waals surface area contributed by atoms with Crippen LogP contribution in [0.1, 0.15) is 94.1 Å². The Hall–Kier alpha value is -3.34. The van der Waals surface area contributed by atoms with Crippen LogP contribution in [-0.4, -0.2) is 285 Å². The largest absolute Gasteiger partial charge is 0.396 e. The summed E-state index contributed by atoms with van der Waals surface area (Å²) in [6.07, 6.45) is 4.95. The van der Waals surface area contributed by atoms with E-state index in [1.165, 1.54) is 0 Å². The molecule has 6 rings (SSSR count). The van der Waals surface area contributed by atoms with E-state index in [1.54, 1.807) is 14.0 Å². The average Bonchev–Trinajstić information content (AvgIpc) is 4.23. The third-order valence-electron chi connectivity index (χ3n) is 15.5. The van der Waals surface area contributed by atoms with Crippen LogP contribution in [0.25, 0.3) is 0 Å². The lowest BCUT2D eigenvalue weighted by molar-refractivity contribution is -0.145. The second-order valence-electron chi connectivity index (χ2n) is 21.7. The van der Waals surface area contributed by atoms with Crippen LogP contribution in [0, 0.1) is 5.41 Å². The summed E-state index contributed by atoms with van der Waals surface area (Å²) in [7, 11) is 0. The normalized spacial score (nSPS) is 27.8. The Bertz CT molecular complexity index is 1870. The topological polar surface area (TPSA) is 393 Å². The molecule has 13 N–H and O–H groups in total. The smallest absolute Gasteiger partial charge is 0.109 e. The van der Waals surface area contributed by atoms with Gasteiger partial charge < -0.3 is 80.6 Å². The summed E-state index contributed by atoms with van der Waals surface area (Å²) in [6.45, 7) is 3.44. The van der Waals surface area contributed by atoms with Crippen molar-refractivity contribution >= 4 is 0 Å². The Morgan fingerprint density at radius 1 is 0.385 bits per heavy atom. The van der Waals surface area contributed by atoms with Gasteiger partial charge in [-0.15, -0.1) is 15.3 Å². The monoisotopic (exact) mass is 1110 g/mol. The minimum Gasteiger partial charge on any atom is -0.396 e. The van der Waals surface area contributed by atoms with Crippen molar-refractivity contribution in [2.75, 3.05) is 85.5 Å². The fourth-order valence-electron chi connectivity index (χ4n) is 10.7. The molecule has 0 amide bonds. The highest BCUT2D eigenvalue weighted by molar-refractivity contribution is 4.97. The minimum atomic E-state index is -1.28. The number of aryl methyl sites for hydroxylation is 3. The van der Waals surface area contributed by atoms with E-state index in [4.69, 9.17) is 14.2 Å².